The minimum atomic E-state index is -0.890. The topological polar surface area (TPSA) is 76.1 Å². The van der Waals surface area contributed by atoms with Gasteiger partial charge in [-0.15, -0.1) is 0 Å². The molecule has 4 rings (SSSR count). The van der Waals surface area contributed by atoms with Crippen LogP contribution in [0.25, 0.3) is 0 Å². The number of aryl methyl sites for hydroxylation is 1. The second kappa shape index (κ2) is 10.8. The molecule has 0 spiro atoms. The third kappa shape index (κ3) is 5.79. The molecule has 3 aromatic rings. The summed E-state index contributed by atoms with van der Waals surface area (Å²) in [4.78, 5) is 26.8. The first-order chi connectivity index (χ1) is 16.1. The number of carboxylic acid groups (broad SMARTS) is 1. The molecule has 1 fully saturated rings. The van der Waals surface area contributed by atoms with Crippen molar-refractivity contribution in [3.8, 4) is 5.75 Å². The van der Waals surface area contributed by atoms with Crippen LogP contribution in [0.15, 0.2) is 78.9 Å². The summed E-state index contributed by atoms with van der Waals surface area (Å²) in [5, 5.41) is 9.18. The third-order valence-corrected chi connectivity index (χ3v) is 5.74. The largest absolute Gasteiger partial charge is 0.489 e. The molecule has 1 heterocycles. The van der Waals surface area contributed by atoms with Gasteiger partial charge in [0.15, 0.2) is 0 Å². The van der Waals surface area contributed by atoms with Crippen molar-refractivity contribution in [2.24, 2.45) is 0 Å². The Hall–Kier alpha value is -3.64. The number of benzene rings is 3. The molecule has 1 aliphatic heterocycles. The molecule has 0 aliphatic carbocycles. The van der Waals surface area contributed by atoms with Crippen molar-refractivity contribution in [2.75, 3.05) is 19.8 Å². The van der Waals surface area contributed by atoms with Crippen LogP contribution >= 0.6 is 0 Å². The van der Waals surface area contributed by atoms with E-state index in [1.54, 1.807) is 0 Å². The Morgan fingerprint density at radius 2 is 1.73 bits per heavy atom. The highest BCUT2D eigenvalue weighted by Crippen LogP contribution is 2.28. The van der Waals surface area contributed by atoms with Gasteiger partial charge in [-0.2, -0.15) is 0 Å². The second-order valence-electron chi connectivity index (χ2n) is 7.99. The molecule has 1 unspecified atom stereocenters. The maximum Gasteiger partial charge on any atom is 0.303 e. The summed E-state index contributed by atoms with van der Waals surface area (Å²) in [6, 6.07) is 24.7. The van der Waals surface area contributed by atoms with Crippen molar-refractivity contribution in [1.82, 2.24) is 4.90 Å². The number of morpholine rings is 1. The number of carbonyl (C=O) groups excluding carboxylic acids is 1. The molecule has 33 heavy (non-hydrogen) atoms. The van der Waals surface area contributed by atoms with E-state index in [0.29, 0.717) is 31.9 Å². The number of aliphatic carboxylic acids is 1. The van der Waals surface area contributed by atoms with Crippen LogP contribution in [0.2, 0.25) is 0 Å². The van der Waals surface area contributed by atoms with Gasteiger partial charge in [0.25, 0.3) is 5.91 Å². The first-order valence-electron chi connectivity index (χ1n) is 11.1. The van der Waals surface area contributed by atoms with Gasteiger partial charge in [0.1, 0.15) is 12.4 Å². The lowest BCUT2D eigenvalue weighted by molar-refractivity contribution is -0.136. The van der Waals surface area contributed by atoms with Crippen LogP contribution in [0.3, 0.4) is 0 Å². The predicted molar refractivity (Wildman–Crippen MR) is 124 cm³/mol. The van der Waals surface area contributed by atoms with E-state index in [4.69, 9.17) is 9.47 Å². The molecular weight excluding hydrogens is 418 g/mol. The average molecular weight is 446 g/mol. The quantitative estimate of drug-likeness (QED) is 0.553. The number of ether oxygens (including phenoxy) is 2. The third-order valence-electron chi connectivity index (χ3n) is 5.74. The highest BCUT2D eigenvalue weighted by Gasteiger charge is 2.30. The zero-order valence-corrected chi connectivity index (χ0v) is 18.4. The van der Waals surface area contributed by atoms with Crippen molar-refractivity contribution in [2.45, 2.75) is 25.5 Å². The van der Waals surface area contributed by atoms with Gasteiger partial charge in [-0.05, 0) is 41.3 Å². The second-order valence-corrected chi connectivity index (χ2v) is 7.99. The van der Waals surface area contributed by atoms with Crippen LogP contribution in [0.5, 0.6) is 5.75 Å². The number of rotatable bonds is 8. The standard InChI is InChI=1S/C27H27NO5/c29-26(30)14-13-21-12-11-20(18-33-23-9-5-2-6-10-23)17-24(21)27(31)28-15-16-32-19-25(28)22-7-3-1-4-8-22/h1-12,17,25H,13-16,18-19H2,(H,29,30). The summed E-state index contributed by atoms with van der Waals surface area (Å²) in [5.74, 6) is -0.259. The van der Waals surface area contributed by atoms with E-state index in [9.17, 15) is 14.7 Å². The maximum absolute atomic E-state index is 13.8. The van der Waals surface area contributed by atoms with Crippen LogP contribution in [-0.4, -0.2) is 41.6 Å². The Morgan fingerprint density at radius 3 is 2.45 bits per heavy atom. The van der Waals surface area contributed by atoms with Crippen molar-refractivity contribution < 1.29 is 24.2 Å². The van der Waals surface area contributed by atoms with Crippen LogP contribution in [-0.2, 0) is 22.6 Å². The highest BCUT2D eigenvalue weighted by atomic mass is 16.5. The van der Waals surface area contributed by atoms with E-state index in [2.05, 4.69) is 0 Å². The van der Waals surface area contributed by atoms with E-state index in [1.807, 2.05) is 83.8 Å². The molecule has 170 valence electrons. The van der Waals surface area contributed by atoms with Crippen LogP contribution in [0.4, 0.5) is 0 Å². The van der Waals surface area contributed by atoms with Gasteiger partial charge >= 0.3 is 5.97 Å². The molecule has 1 N–H and O–H groups in total. The smallest absolute Gasteiger partial charge is 0.303 e. The van der Waals surface area contributed by atoms with Gasteiger partial charge in [0.2, 0.25) is 0 Å². The Morgan fingerprint density at radius 1 is 1.00 bits per heavy atom. The molecule has 6 heteroatoms. The predicted octanol–water partition coefficient (Wildman–Crippen LogP) is 4.50. The monoisotopic (exact) mass is 445 g/mol. The van der Waals surface area contributed by atoms with E-state index >= 15 is 0 Å². The Balaban J connectivity index is 1.61. The van der Waals surface area contributed by atoms with Crippen molar-refractivity contribution in [3.63, 3.8) is 0 Å². The van der Waals surface area contributed by atoms with E-state index in [-0.39, 0.29) is 24.8 Å². The maximum atomic E-state index is 13.8. The van der Waals surface area contributed by atoms with Gasteiger partial charge in [0, 0.05) is 18.5 Å². The number of para-hydroxylation sites is 1. The first kappa shape index (κ1) is 22.6. The Kier molecular flexibility index (Phi) is 7.37. The SMILES string of the molecule is O=C(O)CCc1ccc(COc2ccccc2)cc1C(=O)N1CCOCC1c1ccccc1. The number of hydrogen-bond acceptors (Lipinski definition) is 4. The molecule has 1 amide bonds. The first-order valence-corrected chi connectivity index (χ1v) is 11.1. The zero-order chi connectivity index (χ0) is 23.0. The number of carboxylic acids is 1. The molecule has 0 aromatic heterocycles. The van der Waals surface area contributed by atoms with Crippen molar-refractivity contribution in [1.29, 1.82) is 0 Å². The minimum Gasteiger partial charge on any atom is -0.489 e. The summed E-state index contributed by atoms with van der Waals surface area (Å²) in [5.41, 5.74) is 3.12. The highest BCUT2D eigenvalue weighted by molar-refractivity contribution is 5.96. The van der Waals surface area contributed by atoms with Crippen LogP contribution in [0.1, 0.15) is 39.5 Å². The fraction of sp³-hybridized carbons (Fsp3) is 0.259. The fourth-order valence-electron chi connectivity index (χ4n) is 4.01. The number of hydrogen-bond donors (Lipinski definition) is 1. The summed E-state index contributed by atoms with van der Waals surface area (Å²) in [6.07, 6.45) is 0.252. The fourth-order valence-corrected chi connectivity index (χ4v) is 4.01. The molecule has 1 saturated heterocycles. The van der Waals surface area contributed by atoms with Gasteiger partial charge in [-0.3, -0.25) is 9.59 Å². The normalized spacial score (nSPS) is 15.8. The van der Waals surface area contributed by atoms with Gasteiger partial charge in [0.05, 0.1) is 19.3 Å². The summed E-state index contributed by atoms with van der Waals surface area (Å²) >= 11 is 0. The van der Waals surface area contributed by atoms with Gasteiger partial charge in [-0.1, -0.05) is 60.7 Å². The molecule has 3 aromatic carbocycles. The van der Waals surface area contributed by atoms with Crippen molar-refractivity contribution >= 4 is 11.9 Å². The van der Waals surface area contributed by atoms with E-state index in [0.717, 1.165) is 22.4 Å². The molecule has 1 aliphatic rings. The number of carbonyl (C=O) groups is 2. The molecule has 1 atom stereocenters. The Bertz CT molecular complexity index is 1080. The molecule has 0 saturated carbocycles. The zero-order valence-electron chi connectivity index (χ0n) is 18.4. The minimum absolute atomic E-state index is 0.0363. The lowest BCUT2D eigenvalue weighted by atomic mass is 9.97. The van der Waals surface area contributed by atoms with E-state index < -0.39 is 5.97 Å². The van der Waals surface area contributed by atoms with Gasteiger partial charge < -0.3 is 19.5 Å². The molecule has 6 nitrogen and oxygen atoms in total. The van der Waals surface area contributed by atoms with E-state index in [1.165, 1.54) is 0 Å². The van der Waals surface area contributed by atoms with Gasteiger partial charge in [-0.25, -0.2) is 0 Å². The van der Waals surface area contributed by atoms with Crippen molar-refractivity contribution in [3.05, 3.63) is 101 Å². The number of amides is 1. The Labute approximate surface area is 193 Å². The van der Waals surface area contributed by atoms with Crippen LogP contribution in [0, 0.1) is 0 Å². The molecular formula is C27H27NO5. The average Bonchev–Trinajstić information content (AvgIpc) is 2.87. The summed E-state index contributed by atoms with van der Waals surface area (Å²) in [7, 11) is 0. The number of nitrogens with zero attached hydrogens (tertiary/aromatic N) is 1. The molecule has 0 bridgehead atoms. The lowest BCUT2D eigenvalue weighted by Gasteiger charge is -2.36. The van der Waals surface area contributed by atoms with Crippen LogP contribution < -0.4 is 4.74 Å². The summed E-state index contributed by atoms with van der Waals surface area (Å²) in [6.45, 7) is 1.68. The summed E-state index contributed by atoms with van der Waals surface area (Å²) < 4.78 is 11.5. The lowest BCUT2D eigenvalue weighted by Crippen LogP contribution is -2.43. The molecule has 0 radical (unpaired) electrons.